The molecule has 1 aromatic carbocycles. The van der Waals surface area contributed by atoms with Gasteiger partial charge in [0, 0.05) is 31.9 Å². The molecular formula is C22H22F3N7O. The van der Waals surface area contributed by atoms with Gasteiger partial charge in [-0.15, -0.1) is 0 Å². The van der Waals surface area contributed by atoms with E-state index in [2.05, 4.69) is 20.4 Å². The maximum atomic E-state index is 12.9. The molecule has 0 aliphatic carbocycles. The van der Waals surface area contributed by atoms with E-state index in [-0.39, 0.29) is 18.5 Å². The molecule has 1 atom stereocenters. The minimum Gasteiger partial charge on any atom is -0.350 e. The van der Waals surface area contributed by atoms with E-state index in [0.717, 1.165) is 42.9 Å². The minimum atomic E-state index is -4.37. The molecule has 3 aromatic rings. The third kappa shape index (κ3) is 4.10. The molecule has 4 heterocycles. The quantitative estimate of drug-likeness (QED) is 0.634. The molecule has 1 N–H and O–H groups in total. The molecule has 8 nitrogen and oxygen atoms in total. The standard InChI is InChI=1S/C22H22F3N7O/c1-30-18-11-27-21(29-19(18)32-7-3-6-17(32)20(30)33)26-9-15-10-28-31(13-15)12-14-4-2-5-16(8-14)22(23,24)25/h2,4-5,8,10-11,13,17H,3,6-7,9,12H2,1H3,(H,26,27,29). The van der Waals surface area contributed by atoms with Crippen molar-refractivity contribution in [3.05, 3.63) is 59.5 Å². The van der Waals surface area contributed by atoms with Crippen LogP contribution in [0.5, 0.6) is 0 Å². The first-order chi connectivity index (χ1) is 15.8. The highest BCUT2D eigenvalue weighted by Gasteiger charge is 2.40. The molecule has 5 rings (SSSR count). The van der Waals surface area contributed by atoms with Gasteiger partial charge in [0.25, 0.3) is 0 Å². The lowest BCUT2D eigenvalue weighted by Gasteiger charge is -2.36. The molecule has 0 saturated carbocycles. The van der Waals surface area contributed by atoms with Crippen LogP contribution in [-0.4, -0.2) is 45.3 Å². The smallest absolute Gasteiger partial charge is 0.350 e. The summed E-state index contributed by atoms with van der Waals surface area (Å²) in [6.45, 7) is 1.42. The van der Waals surface area contributed by atoms with Crippen molar-refractivity contribution in [1.29, 1.82) is 0 Å². The summed E-state index contributed by atoms with van der Waals surface area (Å²) in [4.78, 5) is 25.1. The normalized spacial score (nSPS) is 17.8. The number of anilines is 3. The van der Waals surface area contributed by atoms with Gasteiger partial charge in [-0.3, -0.25) is 9.48 Å². The monoisotopic (exact) mass is 457 g/mol. The van der Waals surface area contributed by atoms with Gasteiger partial charge >= 0.3 is 6.18 Å². The second-order valence-electron chi connectivity index (χ2n) is 8.25. The van der Waals surface area contributed by atoms with E-state index in [1.165, 1.54) is 6.07 Å². The van der Waals surface area contributed by atoms with Crippen molar-refractivity contribution >= 4 is 23.4 Å². The van der Waals surface area contributed by atoms with Crippen LogP contribution in [0.15, 0.2) is 42.9 Å². The van der Waals surface area contributed by atoms with Crippen LogP contribution in [0.2, 0.25) is 0 Å². The number of alkyl halides is 3. The predicted molar refractivity (Wildman–Crippen MR) is 116 cm³/mol. The number of fused-ring (bicyclic) bond motifs is 3. The van der Waals surface area contributed by atoms with Crippen LogP contribution in [0.4, 0.5) is 30.6 Å². The van der Waals surface area contributed by atoms with E-state index in [0.29, 0.717) is 23.7 Å². The number of carbonyl (C=O) groups excluding carboxylic acids is 1. The summed E-state index contributed by atoms with van der Waals surface area (Å²) in [5, 5.41) is 7.42. The van der Waals surface area contributed by atoms with Crippen LogP contribution < -0.4 is 15.1 Å². The lowest BCUT2D eigenvalue weighted by molar-refractivity contribution is -0.137. The van der Waals surface area contributed by atoms with Crippen molar-refractivity contribution in [1.82, 2.24) is 19.7 Å². The number of hydrogen-bond donors (Lipinski definition) is 1. The molecule has 1 unspecified atom stereocenters. The highest BCUT2D eigenvalue weighted by molar-refractivity contribution is 6.04. The van der Waals surface area contributed by atoms with Gasteiger partial charge in [-0.05, 0) is 30.5 Å². The summed E-state index contributed by atoms with van der Waals surface area (Å²) >= 11 is 0. The Morgan fingerprint density at radius 3 is 2.88 bits per heavy atom. The zero-order valence-electron chi connectivity index (χ0n) is 17.9. The Labute approximate surface area is 188 Å². The zero-order chi connectivity index (χ0) is 23.2. The lowest BCUT2D eigenvalue weighted by atomic mass is 10.1. The number of rotatable bonds is 5. The Morgan fingerprint density at radius 1 is 1.21 bits per heavy atom. The van der Waals surface area contributed by atoms with E-state index in [1.807, 2.05) is 4.90 Å². The minimum absolute atomic E-state index is 0.0671. The van der Waals surface area contributed by atoms with Crippen molar-refractivity contribution in [3.63, 3.8) is 0 Å². The third-order valence-electron chi connectivity index (χ3n) is 5.99. The van der Waals surface area contributed by atoms with Gasteiger partial charge in [-0.25, -0.2) is 4.98 Å². The molecule has 0 spiro atoms. The highest BCUT2D eigenvalue weighted by Crippen LogP contribution is 2.38. The Morgan fingerprint density at radius 2 is 2.06 bits per heavy atom. The topological polar surface area (TPSA) is 79.2 Å². The number of nitrogens with one attached hydrogen (secondary N) is 1. The lowest BCUT2D eigenvalue weighted by Crippen LogP contribution is -2.49. The fraction of sp³-hybridized carbons (Fsp3) is 0.364. The number of amides is 1. The predicted octanol–water partition coefficient (Wildman–Crippen LogP) is 3.30. The van der Waals surface area contributed by atoms with Gasteiger partial charge in [0.05, 0.1) is 24.5 Å². The SMILES string of the molecule is CN1C(=O)C2CCCN2c2nc(NCc3cnn(Cc4cccc(C(F)(F)F)c4)c3)ncc21. The zero-order valence-corrected chi connectivity index (χ0v) is 17.9. The maximum absolute atomic E-state index is 12.9. The molecule has 2 aromatic heterocycles. The van der Waals surface area contributed by atoms with Crippen molar-refractivity contribution in [2.75, 3.05) is 28.7 Å². The number of carbonyl (C=O) groups is 1. The molecule has 11 heteroatoms. The Balaban J connectivity index is 1.26. The van der Waals surface area contributed by atoms with Gasteiger partial charge in [-0.1, -0.05) is 12.1 Å². The molecule has 172 valence electrons. The summed E-state index contributed by atoms with van der Waals surface area (Å²) in [6, 6.07) is 5.06. The number of likely N-dealkylation sites (N-methyl/N-ethyl adjacent to an activating group) is 1. The molecule has 33 heavy (non-hydrogen) atoms. The van der Waals surface area contributed by atoms with E-state index >= 15 is 0 Å². The molecule has 1 saturated heterocycles. The fourth-order valence-corrected chi connectivity index (χ4v) is 4.32. The van der Waals surface area contributed by atoms with Crippen molar-refractivity contribution in [2.45, 2.75) is 38.1 Å². The van der Waals surface area contributed by atoms with Crippen LogP contribution in [0.3, 0.4) is 0 Å². The molecule has 0 radical (unpaired) electrons. The average Bonchev–Trinajstić information content (AvgIpc) is 3.45. The summed E-state index contributed by atoms with van der Waals surface area (Å²) in [5.74, 6) is 1.25. The molecule has 2 aliphatic heterocycles. The number of halogens is 3. The van der Waals surface area contributed by atoms with Gasteiger partial charge in [0.1, 0.15) is 11.7 Å². The van der Waals surface area contributed by atoms with E-state index in [1.54, 1.807) is 41.3 Å². The van der Waals surface area contributed by atoms with Gasteiger partial charge in [-0.2, -0.15) is 23.3 Å². The van der Waals surface area contributed by atoms with Crippen LogP contribution in [0.1, 0.15) is 29.5 Å². The van der Waals surface area contributed by atoms with Gasteiger partial charge < -0.3 is 15.1 Å². The van der Waals surface area contributed by atoms with Gasteiger partial charge in [0.2, 0.25) is 11.9 Å². The largest absolute Gasteiger partial charge is 0.416 e. The Kier molecular flexibility index (Phi) is 5.18. The van der Waals surface area contributed by atoms with Crippen molar-refractivity contribution < 1.29 is 18.0 Å². The van der Waals surface area contributed by atoms with Crippen molar-refractivity contribution in [2.24, 2.45) is 0 Å². The van der Waals surface area contributed by atoms with E-state index in [4.69, 9.17) is 0 Å². The number of nitrogens with zero attached hydrogens (tertiary/aromatic N) is 6. The molecular weight excluding hydrogens is 435 g/mol. The Bertz CT molecular complexity index is 1190. The second kappa shape index (κ2) is 8.05. The van der Waals surface area contributed by atoms with Crippen molar-refractivity contribution in [3.8, 4) is 0 Å². The molecule has 2 aliphatic rings. The van der Waals surface area contributed by atoms with Crippen LogP contribution >= 0.6 is 0 Å². The first-order valence-corrected chi connectivity index (χ1v) is 10.6. The first-order valence-electron chi connectivity index (χ1n) is 10.6. The second-order valence-corrected chi connectivity index (χ2v) is 8.25. The van der Waals surface area contributed by atoms with Crippen LogP contribution in [-0.2, 0) is 24.1 Å². The van der Waals surface area contributed by atoms with Crippen LogP contribution in [0, 0.1) is 0 Å². The van der Waals surface area contributed by atoms with E-state index < -0.39 is 11.7 Å². The number of hydrogen-bond acceptors (Lipinski definition) is 6. The number of aromatic nitrogens is 4. The maximum Gasteiger partial charge on any atom is 0.416 e. The van der Waals surface area contributed by atoms with Gasteiger partial charge in [0.15, 0.2) is 5.82 Å². The highest BCUT2D eigenvalue weighted by atomic mass is 19.4. The number of benzene rings is 1. The molecule has 1 amide bonds. The average molecular weight is 457 g/mol. The third-order valence-corrected chi connectivity index (χ3v) is 5.99. The fourth-order valence-electron chi connectivity index (χ4n) is 4.32. The summed E-state index contributed by atoms with van der Waals surface area (Å²) in [7, 11) is 1.74. The summed E-state index contributed by atoms with van der Waals surface area (Å²) < 4.78 is 40.4. The molecule has 1 fully saturated rings. The summed E-state index contributed by atoms with van der Waals surface area (Å²) in [5.41, 5.74) is 1.38. The van der Waals surface area contributed by atoms with E-state index in [9.17, 15) is 18.0 Å². The van der Waals surface area contributed by atoms with Crippen LogP contribution in [0.25, 0.3) is 0 Å². The summed E-state index contributed by atoms with van der Waals surface area (Å²) in [6.07, 6.45) is 2.47. The molecule has 0 bridgehead atoms. The first kappa shape index (κ1) is 21.2. The Hall–Kier alpha value is -3.63.